The second-order valence-electron chi connectivity index (χ2n) is 7.14. The number of benzene rings is 1. The van der Waals surface area contributed by atoms with Crippen molar-refractivity contribution in [3.05, 3.63) is 29.3 Å². The van der Waals surface area contributed by atoms with Crippen LogP contribution < -0.4 is 10.6 Å². The lowest BCUT2D eigenvalue weighted by Crippen LogP contribution is -2.59. The minimum Gasteiger partial charge on any atom is -0.465 e. The third-order valence-electron chi connectivity index (χ3n) is 5.13. The summed E-state index contributed by atoms with van der Waals surface area (Å²) >= 11 is 0. The summed E-state index contributed by atoms with van der Waals surface area (Å²) in [4.78, 5) is 22.8. The van der Waals surface area contributed by atoms with Crippen LogP contribution in [0.5, 0.6) is 0 Å². The number of hydrogen-bond acceptors (Lipinski definition) is 4. The van der Waals surface area contributed by atoms with Crippen LogP contribution in [0, 0.1) is 11.3 Å². The Morgan fingerprint density at radius 3 is 2.46 bits per heavy atom. The highest BCUT2D eigenvalue weighted by Crippen LogP contribution is 2.46. The summed E-state index contributed by atoms with van der Waals surface area (Å²) in [5.41, 5.74) is -1.18. The maximum absolute atomic E-state index is 13.2. The number of esters is 1. The van der Waals surface area contributed by atoms with Crippen LogP contribution in [0.15, 0.2) is 18.2 Å². The zero-order chi connectivity index (χ0) is 19.7. The molecule has 0 spiro atoms. The van der Waals surface area contributed by atoms with Crippen molar-refractivity contribution in [2.45, 2.75) is 39.4 Å². The minimum absolute atomic E-state index is 0.00436. The first-order valence-electron chi connectivity index (χ1n) is 8.27. The van der Waals surface area contributed by atoms with Crippen molar-refractivity contribution >= 4 is 17.6 Å². The molecule has 2 rings (SSSR count). The van der Waals surface area contributed by atoms with Crippen LogP contribution in [-0.2, 0) is 15.7 Å². The van der Waals surface area contributed by atoms with Crippen LogP contribution in [0.1, 0.15) is 43.1 Å². The lowest BCUT2D eigenvalue weighted by molar-refractivity contribution is -0.137. The van der Waals surface area contributed by atoms with Gasteiger partial charge >= 0.3 is 12.1 Å². The molecular weight excluding hydrogens is 349 g/mol. The Labute approximate surface area is 150 Å². The summed E-state index contributed by atoms with van der Waals surface area (Å²) in [5.74, 6) is -0.738. The number of methoxy groups -OCH3 is 1. The number of anilines is 1. The molecule has 1 aliphatic rings. The van der Waals surface area contributed by atoms with Gasteiger partial charge in [-0.25, -0.2) is 4.79 Å². The molecule has 2 N–H and O–H groups in total. The summed E-state index contributed by atoms with van der Waals surface area (Å²) in [6, 6.07) is 3.13. The van der Waals surface area contributed by atoms with Crippen LogP contribution in [0.4, 0.5) is 18.9 Å². The molecule has 5 nitrogen and oxygen atoms in total. The van der Waals surface area contributed by atoms with Gasteiger partial charge in [-0.1, -0.05) is 13.8 Å². The largest absolute Gasteiger partial charge is 0.465 e. The van der Waals surface area contributed by atoms with E-state index < -0.39 is 17.7 Å². The maximum atomic E-state index is 13.2. The quantitative estimate of drug-likeness (QED) is 0.777. The molecule has 1 aliphatic carbocycles. The highest BCUT2D eigenvalue weighted by atomic mass is 19.4. The van der Waals surface area contributed by atoms with E-state index in [0.29, 0.717) is 13.0 Å². The van der Waals surface area contributed by atoms with Gasteiger partial charge in [-0.2, -0.15) is 13.2 Å². The molecule has 144 valence electrons. The van der Waals surface area contributed by atoms with Crippen LogP contribution in [0.3, 0.4) is 0 Å². The Balaban J connectivity index is 2.15. The van der Waals surface area contributed by atoms with Crippen LogP contribution in [0.25, 0.3) is 0 Å². The molecule has 2 atom stereocenters. The van der Waals surface area contributed by atoms with E-state index in [9.17, 15) is 22.8 Å². The van der Waals surface area contributed by atoms with Gasteiger partial charge < -0.3 is 15.4 Å². The zero-order valence-corrected chi connectivity index (χ0v) is 15.2. The van der Waals surface area contributed by atoms with E-state index in [4.69, 9.17) is 0 Å². The Kier molecular flexibility index (Phi) is 5.53. The average molecular weight is 372 g/mol. The first-order valence-corrected chi connectivity index (χ1v) is 8.27. The first kappa shape index (κ1) is 20.1. The molecule has 0 unspecified atom stereocenters. The number of hydrogen-bond donors (Lipinski definition) is 2. The van der Waals surface area contributed by atoms with Gasteiger partial charge in [-0.15, -0.1) is 0 Å². The molecule has 0 aromatic heterocycles. The van der Waals surface area contributed by atoms with Crippen molar-refractivity contribution in [1.82, 2.24) is 5.32 Å². The van der Waals surface area contributed by atoms with Crippen molar-refractivity contribution in [1.29, 1.82) is 0 Å². The van der Waals surface area contributed by atoms with Gasteiger partial charge in [0.15, 0.2) is 0 Å². The summed E-state index contributed by atoms with van der Waals surface area (Å²) in [6.07, 6.45) is -3.86. The molecule has 0 bridgehead atoms. The number of ether oxygens (including phenoxy) is 1. The van der Waals surface area contributed by atoms with Crippen molar-refractivity contribution in [2.75, 3.05) is 19.0 Å². The third-order valence-corrected chi connectivity index (χ3v) is 5.13. The summed E-state index contributed by atoms with van der Waals surface area (Å²) < 4.78 is 44.3. The molecule has 1 aromatic carbocycles. The average Bonchev–Trinajstić information content (AvgIpc) is 2.55. The van der Waals surface area contributed by atoms with Gasteiger partial charge in [-0.05, 0) is 36.0 Å². The predicted octanol–water partition coefficient (Wildman–Crippen LogP) is 3.45. The molecular formula is C18H23F3N2O3. The van der Waals surface area contributed by atoms with Gasteiger partial charge in [0.25, 0.3) is 0 Å². The minimum atomic E-state index is -4.54. The second-order valence-corrected chi connectivity index (χ2v) is 7.14. The first-order chi connectivity index (χ1) is 12.0. The van der Waals surface area contributed by atoms with Crippen molar-refractivity contribution in [3.63, 3.8) is 0 Å². The topological polar surface area (TPSA) is 67.4 Å². The van der Waals surface area contributed by atoms with E-state index in [1.54, 1.807) is 0 Å². The molecule has 8 heteroatoms. The van der Waals surface area contributed by atoms with Gasteiger partial charge in [0.1, 0.15) is 0 Å². The fourth-order valence-electron chi connectivity index (χ4n) is 3.27. The monoisotopic (exact) mass is 372 g/mol. The number of alkyl halides is 3. The molecule has 1 fully saturated rings. The molecule has 1 aromatic rings. The molecule has 0 radical (unpaired) electrons. The molecule has 26 heavy (non-hydrogen) atoms. The van der Waals surface area contributed by atoms with Crippen LogP contribution in [0.2, 0.25) is 0 Å². The lowest BCUT2D eigenvalue weighted by Gasteiger charge is -2.52. The van der Waals surface area contributed by atoms with E-state index in [1.165, 1.54) is 14.0 Å². The molecule has 1 amide bonds. The Bertz CT molecular complexity index is 701. The lowest BCUT2D eigenvalue weighted by atomic mass is 9.58. The van der Waals surface area contributed by atoms with E-state index >= 15 is 0 Å². The SMILES string of the molecule is COC(=O)c1ccc(C(F)(F)F)c(NC[C@H]2C[C@@H](NC(C)=O)C2(C)C)c1. The number of carbonyl (C=O) groups is 2. The molecule has 0 heterocycles. The number of nitrogens with one attached hydrogen (secondary N) is 2. The van der Waals surface area contributed by atoms with E-state index in [0.717, 1.165) is 18.2 Å². The van der Waals surface area contributed by atoms with E-state index in [-0.39, 0.29) is 34.5 Å². The Morgan fingerprint density at radius 2 is 1.96 bits per heavy atom. The van der Waals surface area contributed by atoms with Gasteiger partial charge in [-0.3, -0.25) is 4.79 Å². The van der Waals surface area contributed by atoms with Gasteiger partial charge in [0.05, 0.1) is 18.2 Å². The molecule has 1 saturated carbocycles. The summed E-state index contributed by atoms with van der Waals surface area (Å²) in [7, 11) is 1.17. The smallest absolute Gasteiger partial charge is 0.418 e. The number of amides is 1. The van der Waals surface area contributed by atoms with Crippen LogP contribution in [-0.4, -0.2) is 31.6 Å². The van der Waals surface area contributed by atoms with Gasteiger partial charge in [0, 0.05) is 25.2 Å². The van der Waals surface area contributed by atoms with E-state index in [1.807, 2.05) is 13.8 Å². The maximum Gasteiger partial charge on any atom is 0.418 e. The predicted molar refractivity (Wildman–Crippen MR) is 90.8 cm³/mol. The normalized spacial score (nSPS) is 21.5. The zero-order valence-electron chi connectivity index (χ0n) is 15.2. The number of halogens is 3. The summed E-state index contributed by atoms with van der Waals surface area (Å²) in [6.45, 7) is 5.68. The highest BCUT2D eigenvalue weighted by Gasteiger charge is 2.48. The standard InChI is InChI=1S/C18H23F3N2O3/c1-10(24)23-15-8-12(17(15,2)3)9-22-14-7-11(16(25)26-4)5-6-13(14)18(19,20)21/h5-7,12,15,22H,8-9H2,1-4H3,(H,23,24)/t12-,15-/m1/s1. The van der Waals surface area contributed by atoms with Crippen molar-refractivity contribution < 1.29 is 27.5 Å². The molecule has 0 aliphatic heterocycles. The number of rotatable bonds is 5. The summed E-state index contributed by atoms with van der Waals surface area (Å²) in [5, 5.41) is 5.69. The van der Waals surface area contributed by atoms with Gasteiger partial charge in [0.2, 0.25) is 5.91 Å². The van der Waals surface area contributed by atoms with Crippen LogP contribution >= 0.6 is 0 Å². The third kappa shape index (κ3) is 4.11. The molecule has 0 saturated heterocycles. The Morgan fingerprint density at radius 1 is 1.31 bits per heavy atom. The fourth-order valence-corrected chi connectivity index (χ4v) is 3.27. The Hall–Kier alpha value is -2.25. The van der Waals surface area contributed by atoms with Crippen molar-refractivity contribution in [2.24, 2.45) is 11.3 Å². The van der Waals surface area contributed by atoms with Crippen molar-refractivity contribution in [3.8, 4) is 0 Å². The fraction of sp³-hybridized carbons (Fsp3) is 0.556. The number of carbonyl (C=O) groups excluding carboxylic acids is 2. The van der Waals surface area contributed by atoms with E-state index in [2.05, 4.69) is 15.4 Å². The highest BCUT2D eigenvalue weighted by molar-refractivity contribution is 5.90. The second kappa shape index (κ2) is 7.17.